The van der Waals surface area contributed by atoms with E-state index >= 15 is 0 Å². The van der Waals surface area contributed by atoms with Crippen LogP contribution in [-0.4, -0.2) is 22.8 Å². The van der Waals surface area contributed by atoms with Crippen molar-refractivity contribution in [1.82, 2.24) is 10.2 Å². The molecule has 2 aromatic rings. The van der Waals surface area contributed by atoms with Crippen LogP contribution in [0.4, 0.5) is 0 Å². The second-order valence-corrected chi connectivity index (χ2v) is 9.58. The van der Waals surface area contributed by atoms with E-state index in [-0.39, 0.29) is 17.7 Å². The molecule has 2 heterocycles. The Kier molecular flexibility index (Phi) is 6.14. The molecule has 1 N–H and O–H groups in total. The molecule has 0 aliphatic carbocycles. The van der Waals surface area contributed by atoms with Crippen LogP contribution < -0.4 is 5.32 Å². The number of halogens is 1. The SMILES string of the molecule is CC(C)CC(=O)N1Cc2ccccc2CC1C(=O)NCc1ccc(Br)s1. The van der Waals surface area contributed by atoms with Gasteiger partial charge in [0.15, 0.2) is 0 Å². The minimum absolute atomic E-state index is 0.0496. The predicted molar refractivity (Wildman–Crippen MR) is 108 cm³/mol. The highest BCUT2D eigenvalue weighted by Crippen LogP contribution is 2.26. The maximum atomic E-state index is 12.9. The Balaban J connectivity index is 1.76. The second kappa shape index (κ2) is 8.35. The third-order valence-electron chi connectivity index (χ3n) is 4.52. The van der Waals surface area contributed by atoms with Gasteiger partial charge < -0.3 is 10.2 Å². The van der Waals surface area contributed by atoms with Crippen molar-refractivity contribution in [2.24, 2.45) is 5.92 Å². The number of benzene rings is 1. The van der Waals surface area contributed by atoms with Crippen LogP contribution in [0.5, 0.6) is 0 Å². The smallest absolute Gasteiger partial charge is 0.243 e. The second-order valence-electron chi connectivity index (χ2n) is 7.03. The number of thiophene rings is 1. The fourth-order valence-electron chi connectivity index (χ4n) is 3.22. The molecule has 1 atom stereocenters. The first-order valence-corrected chi connectivity index (χ1v) is 10.4. The summed E-state index contributed by atoms with van der Waals surface area (Å²) >= 11 is 5.04. The lowest BCUT2D eigenvalue weighted by molar-refractivity contribution is -0.142. The zero-order chi connectivity index (χ0) is 18.7. The van der Waals surface area contributed by atoms with Gasteiger partial charge in [-0.1, -0.05) is 38.1 Å². The van der Waals surface area contributed by atoms with Crippen molar-refractivity contribution >= 4 is 39.1 Å². The molecule has 2 amide bonds. The van der Waals surface area contributed by atoms with Gasteiger partial charge >= 0.3 is 0 Å². The molecule has 26 heavy (non-hydrogen) atoms. The summed E-state index contributed by atoms with van der Waals surface area (Å²) in [6, 6.07) is 11.6. The average molecular weight is 435 g/mol. The fraction of sp³-hybridized carbons (Fsp3) is 0.400. The minimum atomic E-state index is -0.445. The van der Waals surface area contributed by atoms with Gasteiger partial charge in [-0.2, -0.15) is 0 Å². The topological polar surface area (TPSA) is 49.4 Å². The number of nitrogens with one attached hydrogen (secondary N) is 1. The summed E-state index contributed by atoms with van der Waals surface area (Å²) in [5, 5.41) is 3.01. The van der Waals surface area contributed by atoms with E-state index in [0.29, 0.717) is 25.9 Å². The Bertz CT molecular complexity index is 803. The highest BCUT2D eigenvalue weighted by atomic mass is 79.9. The quantitative estimate of drug-likeness (QED) is 0.768. The van der Waals surface area contributed by atoms with Gasteiger partial charge in [-0.25, -0.2) is 0 Å². The number of fused-ring (bicyclic) bond motifs is 1. The molecule has 138 valence electrons. The molecule has 6 heteroatoms. The summed E-state index contributed by atoms with van der Waals surface area (Å²) in [5.41, 5.74) is 2.29. The van der Waals surface area contributed by atoms with Gasteiger partial charge in [-0.3, -0.25) is 9.59 Å². The number of carbonyl (C=O) groups is 2. The number of carbonyl (C=O) groups excluding carboxylic acids is 2. The highest BCUT2D eigenvalue weighted by molar-refractivity contribution is 9.11. The predicted octanol–water partition coefficient (Wildman–Crippen LogP) is 4.13. The van der Waals surface area contributed by atoms with Crippen LogP contribution in [0.15, 0.2) is 40.2 Å². The van der Waals surface area contributed by atoms with Gasteiger partial charge in [0.2, 0.25) is 11.8 Å². The summed E-state index contributed by atoms with van der Waals surface area (Å²) in [4.78, 5) is 28.5. The number of hydrogen-bond donors (Lipinski definition) is 1. The molecule has 0 saturated heterocycles. The normalized spacial score (nSPS) is 16.5. The highest BCUT2D eigenvalue weighted by Gasteiger charge is 2.34. The van der Waals surface area contributed by atoms with Crippen LogP contribution in [0, 0.1) is 5.92 Å². The largest absolute Gasteiger partial charge is 0.349 e. The monoisotopic (exact) mass is 434 g/mol. The summed E-state index contributed by atoms with van der Waals surface area (Å²) in [5.74, 6) is 0.238. The van der Waals surface area contributed by atoms with Crippen molar-refractivity contribution in [3.05, 3.63) is 56.2 Å². The van der Waals surface area contributed by atoms with Gasteiger partial charge in [0, 0.05) is 24.3 Å². The van der Waals surface area contributed by atoms with Crippen molar-refractivity contribution in [3.8, 4) is 0 Å². The van der Waals surface area contributed by atoms with Crippen LogP contribution in [0.2, 0.25) is 0 Å². The molecule has 1 aliphatic rings. The van der Waals surface area contributed by atoms with Gasteiger partial charge in [0.05, 0.1) is 10.3 Å². The maximum absolute atomic E-state index is 12.9. The molecule has 0 bridgehead atoms. The minimum Gasteiger partial charge on any atom is -0.349 e. The van der Waals surface area contributed by atoms with Crippen molar-refractivity contribution in [1.29, 1.82) is 0 Å². The van der Waals surface area contributed by atoms with E-state index in [1.54, 1.807) is 16.2 Å². The zero-order valence-corrected chi connectivity index (χ0v) is 17.4. The molecule has 0 saturated carbocycles. The molecule has 1 aromatic carbocycles. The Hall–Kier alpha value is -1.66. The fourth-order valence-corrected chi connectivity index (χ4v) is 4.65. The van der Waals surface area contributed by atoms with Crippen LogP contribution in [0.3, 0.4) is 0 Å². The number of rotatable bonds is 5. The molecule has 0 fully saturated rings. The number of hydrogen-bond acceptors (Lipinski definition) is 3. The molecule has 0 spiro atoms. The van der Waals surface area contributed by atoms with E-state index in [4.69, 9.17) is 0 Å². The van der Waals surface area contributed by atoms with Crippen LogP contribution >= 0.6 is 27.3 Å². The number of amides is 2. The summed E-state index contributed by atoms with van der Waals surface area (Å²) < 4.78 is 1.04. The van der Waals surface area contributed by atoms with Gasteiger partial charge in [-0.05, 0) is 45.1 Å². The molecular weight excluding hydrogens is 412 g/mol. The average Bonchev–Trinajstić information content (AvgIpc) is 3.03. The van der Waals surface area contributed by atoms with Gasteiger partial charge in [-0.15, -0.1) is 11.3 Å². The van der Waals surface area contributed by atoms with Crippen molar-refractivity contribution in [2.45, 2.75) is 45.8 Å². The van der Waals surface area contributed by atoms with Crippen molar-refractivity contribution in [2.75, 3.05) is 0 Å². The first-order valence-electron chi connectivity index (χ1n) is 8.82. The lowest BCUT2D eigenvalue weighted by Gasteiger charge is -2.36. The maximum Gasteiger partial charge on any atom is 0.243 e. The van der Waals surface area contributed by atoms with E-state index in [1.165, 1.54) is 0 Å². The molecule has 1 aromatic heterocycles. The van der Waals surface area contributed by atoms with Crippen molar-refractivity contribution in [3.63, 3.8) is 0 Å². The van der Waals surface area contributed by atoms with Crippen LogP contribution in [0.1, 0.15) is 36.3 Å². The van der Waals surface area contributed by atoms with Crippen LogP contribution in [0.25, 0.3) is 0 Å². The van der Waals surface area contributed by atoms with Gasteiger partial charge in [0.1, 0.15) is 6.04 Å². The lowest BCUT2D eigenvalue weighted by Crippen LogP contribution is -2.52. The molecule has 1 unspecified atom stereocenters. The first-order chi connectivity index (χ1) is 12.4. The lowest BCUT2D eigenvalue weighted by atomic mass is 9.92. The number of nitrogens with zero attached hydrogens (tertiary/aromatic N) is 1. The summed E-state index contributed by atoms with van der Waals surface area (Å²) in [7, 11) is 0. The molecular formula is C20H23BrN2O2S. The Morgan fingerprint density at radius 3 is 2.62 bits per heavy atom. The molecule has 3 rings (SSSR count). The zero-order valence-electron chi connectivity index (χ0n) is 15.0. The Labute approximate surface area is 166 Å². The third-order valence-corrected chi connectivity index (χ3v) is 6.14. The standard InChI is InChI=1S/C20H23BrN2O2S/c1-13(2)9-19(24)23-12-15-6-4-3-5-14(15)10-17(23)20(25)22-11-16-7-8-18(21)26-16/h3-8,13,17H,9-12H2,1-2H3,(H,22,25). The van der Waals surface area contributed by atoms with E-state index in [2.05, 4.69) is 27.3 Å². The van der Waals surface area contributed by atoms with E-state index in [1.807, 2.05) is 44.2 Å². The van der Waals surface area contributed by atoms with Crippen LogP contribution in [-0.2, 0) is 29.1 Å². The third kappa shape index (κ3) is 4.54. The van der Waals surface area contributed by atoms with E-state index in [0.717, 1.165) is 19.8 Å². The van der Waals surface area contributed by atoms with E-state index < -0.39 is 6.04 Å². The Morgan fingerprint density at radius 1 is 1.23 bits per heavy atom. The van der Waals surface area contributed by atoms with Crippen molar-refractivity contribution < 1.29 is 9.59 Å². The summed E-state index contributed by atoms with van der Waals surface area (Å²) in [6.45, 7) is 5.04. The first kappa shape index (κ1) is 19.1. The molecule has 1 aliphatic heterocycles. The molecule has 0 radical (unpaired) electrons. The Morgan fingerprint density at radius 2 is 1.96 bits per heavy atom. The van der Waals surface area contributed by atoms with Gasteiger partial charge in [0.25, 0.3) is 0 Å². The summed E-state index contributed by atoms with van der Waals surface area (Å²) in [6.07, 6.45) is 1.03. The molecule has 4 nitrogen and oxygen atoms in total. The van der Waals surface area contributed by atoms with E-state index in [9.17, 15) is 9.59 Å².